The monoisotopic (exact) mass is 523 g/mol. The minimum Gasteiger partial charge on any atom is -0.476 e. The zero-order chi connectivity index (χ0) is 27.0. The molecule has 0 spiro atoms. The highest BCUT2D eigenvalue weighted by atomic mass is 19.1. The first-order valence-corrected chi connectivity index (χ1v) is 13.0. The van der Waals surface area contributed by atoms with Gasteiger partial charge in [-0.15, -0.1) is 5.10 Å². The van der Waals surface area contributed by atoms with Crippen molar-refractivity contribution in [3.8, 4) is 22.9 Å². The van der Waals surface area contributed by atoms with E-state index in [1.54, 1.807) is 24.0 Å². The lowest BCUT2D eigenvalue weighted by molar-refractivity contribution is 0.132. The predicted molar refractivity (Wildman–Crippen MR) is 143 cm³/mol. The van der Waals surface area contributed by atoms with Crippen LogP contribution in [0.5, 0.6) is 11.8 Å². The Hall–Kier alpha value is -3.70. The molecule has 1 aliphatic rings. The van der Waals surface area contributed by atoms with Crippen molar-refractivity contribution in [1.82, 2.24) is 34.7 Å². The summed E-state index contributed by atoms with van der Waals surface area (Å²) in [6, 6.07) is 2.99. The Morgan fingerprint density at radius 3 is 2.82 bits per heavy atom. The molecular formula is C27H34FN7O3. The number of H-pyrrole nitrogens is 1. The maximum Gasteiger partial charge on any atom is 0.240 e. The Kier molecular flexibility index (Phi) is 7.22. The maximum atomic E-state index is 15.3. The molecule has 4 aromatic rings. The molecular weight excluding hydrogens is 489 g/mol. The molecule has 0 amide bonds. The van der Waals surface area contributed by atoms with Gasteiger partial charge >= 0.3 is 0 Å². The molecule has 0 radical (unpaired) electrons. The smallest absolute Gasteiger partial charge is 0.240 e. The molecule has 0 fully saturated rings. The van der Waals surface area contributed by atoms with Crippen molar-refractivity contribution in [1.29, 1.82) is 0 Å². The van der Waals surface area contributed by atoms with Crippen LogP contribution in [0.2, 0.25) is 0 Å². The van der Waals surface area contributed by atoms with Gasteiger partial charge in [0, 0.05) is 37.2 Å². The zero-order valence-corrected chi connectivity index (χ0v) is 22.4. The summed E-state index contributed by atoms with van der Waals surface area (Å²) in [6.07, 6.45) is 5.24. The third-order valence-electron chi connectivity index (χ3n) is 6.89. The number of aliphatic hydroxyl groups is 1. The van der Waals surface area contributed by atoms with Gasteiger partial charge < -0.3 is 14.6 Å². The van der Waals surface area contributed by atoms with Crippen molar-refractivity contribution < 1.29 is 19.0 Å². The number of aryl methyl sites for hydroxylation is 1. The Labute approximate surface area is 220 Å². The summed E-state index contributed by atoms with van der Waals surface area (Å²) in [4.78, 5) is 2.25. The van der Waals surface area contributed by atoms with Gasteiger partial charge in [-0.2, -0.15) is 10.2 Å². The molecule has 2 atom stereocenters. The van der Waals surface area contributed by atoms with E-state index < -0.39 is 0 Å². The normalized spacial score (nSPS) is 17.9. The average Bonchev–Trinajstić information content (AvgIpc) is 3.56. The van der Waals surface area contributed by atoms with Gasteiger partial charge in [0.1, 0.15) is 11.9 Å². The van der Waals surface area contributed by atoms with Gasteiger partial charge in [0.05, 0.1) is 53.5 Å². The maximum absolute atomic E-state index is 15.3. The number of aromatic amines is 1. The van der Waals surface area contributed by atoms with E-state index in [9.17, 15) is 5.11 Å². The predicted octanol–water partition coefficient (Wildman–Crippen LogP) is 4.02. The van der Waals surface area contributed by atoms with Crippen LogP contribution >= 0.6 is 0 Å². The summed E-state index contributed by atoms with van der Waals surface area (Å²) >= 11 is 0. The fraction of sp³-hybridized carbons (Fsp3) is 0.444. The van der Waals surface area contributed by atoms with E-state index in [2.05, 4.69) is 27.1 Å². The molecule has 2 bridgehead atoms. The number of aromatic nitrogens is 6. The number of nitrogens with one attached hydrogen (secondary N) is 1. The fourth-order valence-corrected chi connectivity index (χ4v) is 4.88. The number of hydrogen-bond donors (Lipinski definition) is 2. The van der Waals surface area contributed by atoms with E-state index in [4.69, 9.17) is 14.6 Å². The van der Waals surface area contributed by atoms with Crippen LogP contribution in [-0.2, 0) is 13.6 Å². The second-order valence-electron chi connectivity index (χ2n) is 9.64. The summed E-state index contributed by atoms with van der Waals surface area (Å²) in [6.45, 7) is 10.2. The number of benzene rings is 1. The van der Waals surface area contributed by atoms with E-state index in [1.165, 1.54) is 6.07 Å². The van der Waals surface area contributed by atoms with E-state index in [-0.39, 0.29) is 24.6 Å². The first-order valence-electron chi connectivity index (χ1n) is 13.0. The lowest BCUT2D eigenvalue weighted by atomic mass is 10.0. The van der Waals surface area contributed by atoms with Gasteiger partial charge in [0.2, 0.25) is 11.8 Å². The van der Waals surface area contributed by atoms with Gasteiger partial charge in [-0.05, 0) is 45.5 Å². The van der Waals surface area contributed by atoms with Crippen LogP contribution < -0.4 is 9.47 Å². The average molecular weight is 524 g/mol. The Morgan fingerprint density at radius 1 is 1.26 bits per heavy atom. The largest absolute Gasteiger partial charge is 0.476 e. The third kappa shape index (κ3) is 4.67. The summed E-state index contributed by atoms with van der Waals surface area (Å²) in [7, 11) is 1.79. The summed E-state index contributed by atoms with van der Waals surface area (Å²) in [5.74, 6) is 0.608. The number of hydrogen-bond acceptors (Lipinski definition) is 7. The molecule has 0 unspecified atom stereocenters. The molecule has 1 aliphatic heterocycles. The van der Waals surface area contributed by atoms with Crippen molar-refractivity contribution in [2.45, 2.75) is 46.4 Å². The lowest BCUT2D eigenvalue weighted by Crippen LogP contribution is -2.35. The minimum absolute atomic E-state index is 0.0589. The van der Waals surface area contributed by atoms with Crippen molar-refractivity contribution in [2.75, 3.05) is 26.3 Å². The van der Waals surface area contributed by atoms with Gasteiger partial charge in [-0.25, -0.2) is 9.07 Å². The molecule has 1 aromatic carbocycles. The minimum atomic E-state index is -0.387. The molecule has 10 nitrogen and oxygen atoms in total. The number of likely N-dealkylation sites (N-methyl/N-ethyl adjacent to an activating group) is 1. The lowest BCUT2D eigenvalue weighted by Gasteiger charge is -2.26. The molecule has 5 rings (SSSR count). The van der Waals surface area contributed by atoms with E-state index in [0.29, 0.717) is 53.8 Å². The first-order chi connectivity index (χ1) is 18.3. The molecule has 11 heteroatoms. The van der Waals surface area contributed by atoms with Crippen molar-refractivity contribution in [2.24, 2.45) is 7.05 Å². The topological polar surface area (TPSA) is 106 Å². The molecule has 0 saturated heterocycles. The summed E-state index contributed by atoms with van der Waals surface area (Å²) < 4.78 is 31.1. The van der Waals surface area contributed by atoms with Crippen molar-refractivity contribution in [3.63, 3.8) is 0 Å². The van der Waals surface area contributed by atoms with Gasteiger partial charge in [0.15, 0.2) is 0 Å². The van der Waals surface area contributed by atoms with Gasteiger partial charge in [0.25, 0.3) is 0 Å². The molecule has 2 N–H and O–H groups in total. The van der Waals surface area contributed by atoms with Crippen LogP contribution in [-0.4, -0.2) is 72.2 Å². The van der Waals surface area contributed by atoms with Crippen LogP contribution in [0.15, 0.2) is 18.3 Å². The van der Waals surface area contributed by atoms with Crippen LogP contribution in [0.25, 0.3) is 34.2 Å². The third-order valence-corrected chi connectivity index (χ3v) is 6.89. The fourth-order valence-electron chi connectivity index (χ4n) is 4.88. The molecule has 0 saturated carbocycles. The molecule has 0 aliphatic carbocycles. The Bertz CT molecular complexity index is 1470. The van der Waals surface area contributed by atoms with Crippen LogP contribution in [0.1, 0.15) is 50.7 Å². The second-order valence-corrected chi connectivity index (χ2v) is 9.64. The number of nitrogens with zero attached hydrogens (tertiary/aromatic N) is 6. The van der Waals surface area contributed by atoms with E-state index in [1.807, 2.05) is 37.6 Å². The zero-order valence-electron chi connectivity index (χ0n) is 22.4. The Balaban J connectivity index is 1.73. The van der Waals surface area contributed by atoms with Crippen LogP contribution in [0.3, 0.4) is 0 Å². The summed E-state index contributed by atoms with van der Waals surface area (Å²) in [5.41, 5.74) is 3.96. The van der Waals surface area contributed by atoms with E-state index >= 15 is 4.39 Å². The van der Waals surface area contributed by atoms with E-state index in [0.717, 1.165) is 23.2 Å². The van der Waals surface area contributed by atoms with Crippen LogP contribution in [0.4, 0.5) is 4.39 Å². The van der Waals surface area contributed by atoms with Crippen molar-refractivity contribution >= 4 is 23.1 Å². The second kappa shape index (κ2) is 10.6. The van der Waals surface area contributed by atoms with Gasteiger partial charge in [-0.3, -0.25) is 14.7 Å². The first kappa shape index (κ1) is 25.9. The number of aliphatic hydroxyl groups excluding tert-OH is 1. The number of ether oxygens (including phenoxy) is 2. The number of fused-ring (bicyclic) bond motifs is 4. The van der Waals surface area contributed by atoms with Gasteiger partial charge in [-0.1, -0.05) is 6.92 Å². The van der Waals surface area contributed by atoms with Crippen molar-refractivity contribution in [3.05, 3.63) is 41.1 Å². The Morgan fingerprint density at radius 2 is 2.08 bits per heavy atom. The molecule has 202 valence electrons. The summed E-state index contributed by atoms with van der Waals surface area (Å²) in [5, 5.41) is 27.2. The number of rotatable bonds is 5. The molecule has 38 heavy (non-hydrogen) atoms. The quantitative estimate of drug-likeness (QED) is 0.407. The van der Waals surface area contributed by atoms with Crippen LogP contribution in [0, 0.1) is 5.82 Å². The number of halogens is 1. The highest BCUT2D eigenvalue weighted by Gasteiger charge is 2.25. The molecule has 3 aromatic heterocycles. The highest BCUT2D eigenvalue weighted by Crippen LogP contribution is 2.36. The highest BCUT2D eigenvalue weighted by molar-refractivity contribution is 5.93. The SMILES string of the molecule is CCOc1nn([C@@H](C)CO)c2c1/C=C/c1n[nH]c3cc(F)c(cc13)-c1cnn(C)c1O[C@@H](C)CN(CC)C2. The molecule has 4 heterocycles. The standard InChI is InChI=1S/C27H34FN7O3/c1-6-34-13-17(4)38-27-21(12-29-33(27)5)19-10-20-23(30-31-24(20)11-22(19)28)9-8-18-25(14-34)35(16(3)15-36)32-26(18)37-7-2/h8-12,16-17,36H,6-7,13-15H2,1-5H3,(H,30,31)/b9-8+/t16-,17-/m0/s1.